The fourth-order valence-corrected chi connectivity index (χ4v) is 8.92. The maximum Gasteiger partial charge on any atom is 0.224 e. The fraction of sp³-hybridized carbons (Fsp3) is 0.317. The molecule has 0 amide bonds. The van der Waals surface area contributed by atoms with E-state index < -0.39 is 0 Å². The normalized spacial score (nSPS) is 19.6. The van der Waals surface area contributed by atoms with Crippen molar-refractivity contribution >= 4 is 75.8 Å². The number of hydrogen-bond donors (Lipinski definition) is 2. The zero-order valence-corrected chi connectivity index (χ0v) is 33.0. The first-order valence-electron chi connectivity index (χ1n) is 19.0. The minimum absolute atomic E-state index is 0.165. The van der Waals surface area contributed by atoms with E-state index in [1.54, 1.807) is 11.8 Å². The second kappa shape index (κ2) is 16.3. The van der Waals surface area contributed by atoms with Crippen molar-refractivity contribution in [1.29, 1.82) is 0 Å². The molecule has 1 saturated carbocycles. The number of halogens is 2. The lowest BCUT2D eigenvalue weighted by atomic mass is 9.93. The third-order valence-corrected chi connectivity index (χ3v) is 12.0. The maximum atomic E-state index is 9.70. The van der Waals surface area contributed by atoms with Gasteiger partial charge in [0.1, 0.15) is 11.6 Å². The number of aliphatic imine (C=N–C) groups is 2. The molecular formula is C41H41Cl2N11OS. The smallest absolute Gasteiger partial charge is 0.224 e. The van der Waals surface area contributed by atoms with E-state index in [1.165, 1.54) is 5.56 Å². The summed E-state index contributed by atoms with van der Waals surface area (Å²) in [7, 11) is 0. The van der Waals surface area contributed by atoms with Crippen molar-refractivity contribution in [2.45, 2.75) is 61.8 Å². The molecule has 0 spiro atoms. The number of thioether (sulfide) groups is 1. The van der Waals surface area contributed by atoms with Crippen molar-refractivity contribution in [1.82, 2.24) is 19.9 Å². The molecule has 12 nitrogen and oxygen atoms in total. The molecule has 1 aliphatic carbocycles. The lowest BCUT2D eigenvalue weighted by molar-refractivity contribution is 0.126. The van der Waals surface area contributed by atoms with Crippen LogP contribution in [-0.4, -0.2) is 75.3 Å². The molecule has 10 rings (SSSR count). The number of guanidine groups is 2. The van der Waals surface area contributed by atoms with Crippen LogP contribution < -0.4 is 24.9 Å². The highest BCUT2D eigenvalue weighted by Gasteiger charge is 2.36. The van der Waals surface area contributed by atoms with Gasteiger partial charge in [0.05, 0.1) is 53.7 Å². The maximum absolute atomic E-state index is 9.70. The second-order valence-electron chi connectivity index (χ2n) is 14.2. The Morgan fingerprint density at radius 3 is 1.82 bits per heavy atom. The van der Waals surface area contributed by atoms with Crippen LogP contribution in [0, 0.1) is 0 Å². The summed E-state index contributed by atoms with van der Waals surface area (Å²) < 4.78 is 0. The Hall–Kier alpha value is -4.95. The molecule has 0 saturated heterocycles. The minimum atomic E-state index is -0.165. The number of nitrogens with one attached hydrogen (secondary N) is 1. The zero-order valence-electron chi connectivity index (χ0n) is 30.7. The van der Waals surface area contributed by atoms with Gasteiger partial charge in [-0.3, -0.25) is 19.8 Å². The summed E-state index contributed by atoms with van der Waals surface area (Å²) >= 11 is 14.6. The Balaban J connectivity index is 0.000000146. The number of benzene rings is 3. The van der Waals surface area contributed by atoms with Crippen LogP contribution in [0.5, 0.6) is 0 Å². The van der Waals surface area contributed by atoms with Crippen molar-refractivity contribution in [2.75, 3.05) is 51.1 Å². The summed E-state index contributed by atoms with van der Waals surface area (Å²) in [4.78, 5) is 36.9. The minimum Gasteiger partial charge on any atom is -0.393 e. The Kier molecular flexibility index (Phi) is 10.7. The summed E-state index contributed by atoms with van der Waals surface area (Å²) in [5.74, 6) is 5.20. The third-order valence-electron chi connectivity index (χ3n) is 10.5. The van der Waals surface area contributed by atoms with E-state index in [0.717, 1.165) is 114 Å². The van der Waals surface area contributed by atoms with Gasteiger partial charge in [-0.15, -0.1) is 0 Å². The van der Waals surface area contributed by atoms with Gasteiger partial charge < -0.3 is 20.2 Å². The number of aromatic nitrogens is 4. The molecule has 3 aromatic carbocycles. The van der Waals surface area contributed by atoms with Gasteiger partial charge in [0.25, 0.3) is 0 Å². The topological polar surface area (TPSA) is 122 Å². The quantitative estimate of drug-likeness (QED) is 0.125. The number of para-hydroxylation sites is 2. The van der Waals surface area contributed by atoms with Crippen LogP contribution in [0.25, 0.3) is 0 Å². The molecule has 5 aromatic rings. The van der Waals surface area contributed by atoms with E-state index in [9.17, 15) is 5.11 Å². The number of fused-ring (bicyclic) bond motifs is 6. The highest BCUT2D eigenvalue weighted by molar-refractivity contribution is 7.98. The van der Waals surface area contributed by atoms with Gasteiger partial charge in [-0.1, -0.05) is 89.6 Å². The molecule has 5 aliphatic rings. The summed E-state index contributed by atoms with van der Waals surface area (Å²) in [5, 5.41) is 15.4. The Morgan fingerprint density at radius 2 is 1.21 bits per heavy atom. The summed E-state index contributed by atoms with van der Waals surface area (Å²) in [6, 6.07) is 26.4. The molecule has 0 radical (unpaired) electrons. The Morgan fingerprint density at radius 1 is 0.661 bits per heavy atom. The van der Waals surface area contributed by atoms with Gasteiger partial charge in [0, 0.05) is 48.4 Å². The van der Waals surface area contributed by atoms with E-state index in [1.807, 2.05) is 67.0 Å². The summed E-state index contributed by atoms with van der Waals surface area (Å²) in [5.41, 5.74) is 5.32. The van der Waals surface area contributed by atoms with E-state index in [0.29, 0.717) is 30.1 Å². The summed E-state index contributed by atoms with van der Waals surface area (Å²) in [6.45, 7) is 4.43. The molecule has 6 heterocycles. The van der Waals surface area contributed by atoms with Crippen molar-refractivity contribution in [3.8, 4) is 0 Å². The molecule has 286 valence electrons. The van der Waals surface area contributed by atoms with Gasteiger partial charge in [-0.05, 0) is 55.5 Å². The summed E-state index contributed by atoms with van der Waals surface area (Å²) in [6.07, 6.45) is 7.23. The van der Waals surface area contributed by atoms with E-state index in [4.69, 9.17) is 43.2 Å². The largest absolute Gasteiger partial charge is 0.393 e. The van der Waals surface area contributed by atoms with Crippen molar-refractivity contribution < 1.29 is 5.11 Å². The van der Waals surface area contributed by atoms with E-state index >= 15 is 0 Å². The van der Waals surface area contributed by atoms with Crippen LogP contribution in [0.15, 0.2) is 106 Å². The van der Waals surface area contributed by atoms with Crippen LogP contribution >= 0.6 is 35.0 Å². The number of aliphatic hydroxyl groups is 1. The SMILES string of the molecule is Clc1ccccc1N1Cc2cnc(SCc3ccccc3)nc2N2CCN=C12.OC1CCC(Nc2ncc3c(n2)N2CCN=C2N(c2ccccc2Cl)C3)CC1. The van der Waals surface area contributed by atoms with Crippen LogP contribution in [0.3, 0.4) is 0 Å². The molecule has 0 bridgehead atoms. The lowest BCUT2D eigenvalue weighted by Gasteiger charge is -2.37. The average Bonchev–Trinajstić information content (AvgIpc) is 3.94. The molecule has 2 aromatic heterocycles. The van der Waals surface area contributed by atoms with E-state index in [-0.39, 0.29) is 6.10 Å². The molecule has 15 heteroatoms. The lowest BCUT2D eigenvalue weighted by Crippen LogP contribution is -2.47. The monoisotopic (exact) mass is 805 g/mol. The molecule has 0 atom stereocenters. The van der Waals surface area contributed by atoms with Crippen LogP contribution in [0.2, 0.25) is 10.0 Å². The Bertz CT molecular complexity index is 2270. The molecule has 56 heavy (non-hydrogen) atoms. The molecule has 4 aliphatic heterocycles. The predicted molar refractivity (Wildman–Crippen MR) is 227 cm³/mol. The molecule has 1 fully saturated rings. The standard InChI is InChI=1S/C21H18ClN5S.C20H23ClN6O/c22-17-8-4-5-9-18(17)27-13-16-12-24-20(28-14-15-6-2-1-3-7-15)25-19(16)26-11-10-23-21(26)27;21-16-3-1-2-4-17(16)27-12-13-11-23-19(24-14-5-7-15(28)8-6-14)25-18(13)26-10-9-22-20(26)27/h1-9,12H,10-11,13-14H2;1-4,11,14-15,28H,5-10,12H2,(H,23,24,25). The first kappa shape index (κ1) is 36.7. The van der Waals surface area contributed by atoms with Gasteiger partial charge >= 0.3 is 0 Å². The van der Waals surface area contributed by atoms with Gasteiger partial charge in [0.15, 0.2) is 5.16 Å². The van der Waals surface area contributed by atoms with Gasteiger partial charge in [0.2, 0.25) is 17.9 Å². The van der Waals surface area contributed by atoms with Gasteiger partial charge in [-0.25, -0.2) is 15.0 Å². The number of anilines is 5. The fourth-order valence-electron chi connectivity index (χ4n) is 7.68. The number of aliphatic hydroxyl groups excluding tert-OH is 1. The van der Waals surface area contributed by atoms with Crippen LogP contribution in [-0.2, 0) is 18.8 Å². The number of hydrogen-bond acceptors (Lipinski definition) is 13. The van der Waals surface area contributed by atoms with E-state index in [2.05, 4.69) is 59.1 Å². The molecule has 0 unspecified atom stereocenters. The highest BCUT2D eigenvalue weighted by atomic mass is 35.5. The average molecular weight is 807 g/mol. The highest BCUT2D eigenvalue weighted by Crippen LogP contribution is 2.38. The van der Waals surface area contributed by atoms with Gasteiger partial charge in [-0.2, -0.15) is 4.98 Å². The molecular weight excluding hydrogens is 765 g/mol. The first-order chi connectivity index (χ1) is 27.5. The Labute approximate surface area is 340 Å². The molecule has 2 N–H and O–H groups in total. The van der Waals surface area contributed by atoms with Crippen molar-refractivity contribution in [3.05, 3.63) is 118 Å². The van der Waals surface area contributed by atoms with Crippen LogP contribution in [0.4, 0.5) is 29.0 Å². The zero-order chi connectivity index (χ0) is 38.0. The van der Waals surface area contributed by atoms with Crippen LogP contribution in [0.1, 0.15) is 42.4 Å². The number of nitrogens with zero attached hydrogens (tertiary/aromatic N) is 10. The first-order valence-corrected chi connectivity index (χ1v) is 20.7. The predicted octanol–water partition coefficient (Wildman–Crippen LogP) is 7.66. The number of rotatable bonds is 7. The van der Waals surface area contributed by atoms with Crippen molar-refractivity contribution in [2.24, 2.45) is 9.98 Å². The second-order valence-corrected chi connectivity index (χ2v) is 16.0. The van der Waals surface area contributed by atoms with Crippen molar-refractivity contribution in [3.63, 3.8) is 0 Å². The third kappa shape index (κ3) is 7.60.